The average molecular weight is 220 g/mol. The van der Waals surface area contributed by atoms with Crippen molar-refractivity contribution in [1.82, 2.24) is 10.3 Å². The third-order valence-electron chi connectivity index (χ3n) is 3.36. The molecule has 1 aromatic heterocycles. The van der Waals surface area contributed by atoms with Crippen molar-refractivity contribution in [1.29, 1.82) is 0 Å². The van der Waals surface area contributed by atoms with Gasteiger partial charge in [-0.25, -0.2) is 4.98 Å². The second-order valence-corrected chi connectivity index (χ2v) is 4.42. The van der Waals surface area contributed by atoms with Crippen LogP contribution in [0.25, 0.3) is 0 Å². The number of hydrogen-bond donors (Lipinski definition) is 1. The summed E-state index contributed by atoms with van der Waals surface area (Å²) in [7, 11) is 2.05. The summed E-state index contributed by atoms with van der Waals surface area (Å²) in [5.41, 5.74) is 0. The van der Waals surface area contributed by atoms with E-state index >= 15 is 0 Å². The predicted molar refractivity (Wildman–Crippen MR) is 64.5 cm³/mol. The van der Waals surface area contributed by atoms with Gasteiger partial charge in [-0.15, -0.1) is 0 Å². The smallest absolute Gasteiger partial charge is 0.213 e. The molecular weight excluding hydrogens is 200 g/mol. The molecule has 3 heteroatoms. The Morgan fingerprint density at radius 1 is 1.38 bits per heavy atom. The first-order valence-corrected chi connectivity index (χ1v) is 6.11. The van der Waals surface area contributed by atoms with Gasteiger partial charge in [-0.1, -0.05) is 18.9 Å². The van der Waals surface area contributed by atoms with Crippen molar-refractivity contribution in [2.45, 2.75) is 31.7 Å². The van der Waals surface area contributed by atoms with E-state index in [4.69, 9.17) is 4.74 Å². The second kappa shape index (κ2) is 5.85. The molecule has 2 atom stereocenters. The van der Waals surface area contributed by atoms with Crippen LogP contribution in [0, 0.1) is 5.92 Å². The number of nitrogens with zero attached hydrogens (tertiary/aromatic N) is 1. The molecule has 3 nitrogen and oxygen atoms in total. The molecule has 0 aliphatic heterocycles. The summed E-state index contributed by atoms with van der Waals surface area (Å²) in [6.45, 7) is 0.780. The van der Waals surface area contributed by atoms with Crippen LogP contribution in [-0.4, -0.2) is 24.7 Å². The van der Waals surface area contributed by atoms with Gasteiger partial charge in [0.2, 0.25) is 5.88 Å². The lowest BCUT2D eigenvalue weighted by molar-refractivity contribution is 0.169. The van der Waals surface area contributed by atoms with Crippen LogP contribution in [0.1, 0.15) is 25.7 Å². The highest BCUT2D eigenvalue weighted by Gasteiger charge is 2.24. The Morgan fingerprint density at radius 2 is 2.25 bits per heavy atom. The van der Waals surface area contributed by atoms with Gasteiger partial charge >= 0.3 is 0 Å². The maximum atomic E-state index is 5.73. The molecule has 0 spiro atoms. The van der Waals surface area contributed by atoms with Gasteiger partial charge in [0.15, 0.2) is 0 Å². The number of pyridine rings is 1. The molecule has 0 bridgehead atoms. The van der Waals surface area contributed by atoms with Gasteiger partial charge in [0.1, 0.15) is 0 Å². The zero-order valence-corrected chi connectivity index (χ0v) is 9.86. The predicted octanol–water partition coefficient (Wildman–Crippen LogP) is 2.24. The van der Waals surface area contributed by atoms with Crippen molar-refractivity contribution < 1.29 is 4.74 Å². The summed E-state index contributed by atoms with van der Waals surface area (Å²) in [6.07, 6.45) is 6.97. The molecule has 0 saturated heterocycles. The van der Waals surface area contributed by atoms with E-state index in [0.717, 1.165) is 12.5 Å². The third-order valence-corrected chi connectivity index (χ3v) is 3.36. The highest BCUT2D eigenvalue weighted by atomic mass is 16.5. The highest BCUT2D eigenvalue weighted by Crippen LogP contribution is 2.24. The summed E-state index contributed by atoms with van der Waals surface area (Å²) in [5.74, 6) is 1.36. The number of nitrogens with one attached hydrogen (secondary N) is 1. The van der Waals surface area contributed by atoms with Gasteiger partial charge in [0.25, 0.3) is 0 Å². The average Bonchev–Trinajstić information content (AvgIpc) is 2.38. The Kier molecular flexibility index (Phi) is 4.17. The Balaban J connectivity index is 1.84. The van der Waals surface area contributed by atoms with Crippen LogP contribution in [0.5, 0.6) is 5.88 Å². The fraction of sp³-hybridized carbons (Fsp3) is 0.615. The fourth-order valence-electron chi connectivity index (χ4n) is 2.41. The minimum Gasteiger partial charge on any atom is -0.477 e. The fourth-order valence-corrected chi connectivity index (χ4v) is 2.41. The van der Waals surface area contributed by atoms with Gasteiger partial charge in [-0.05, 0) is 26.0 Å². The molecule has 1 heterocycles. The largest absolute Gasteiger partial charge is 0.477 e. The number of aromatic nitrogens is 1. The van der Waals surface area contributed by atoms with Crippen molar-refractivity contribution in [2.75, 3.05) is 13.7 Å². The Bertz CT molecular complexity index is 302. The molecule has 1 unspecified atom stereocenters. The third kappa shape index (κ3) is 2.95. The number of ether oxygens (including phenoxy) is 1. The summed E-state index contributed by atoms with van der Waals surface area (Å²) in [4.78, 5) is 4.17. The molecule has 16 heavy (non-hydrogen) atoms. The lowest BCUT2D eigenvalue weighted by Gasteiger charge is -2.30. The molecule has 1 aliphatic rings. The van der Waals surface area contributed by atoms with Crippen LogP contribution in [0.15, 0.2) is 24.4 Å². The van der Waals surface area contributed by atoms with Gasteiger partial charge in [0, 0.05) is 24.2 Å². The molecule has 0 radical (unpaired) electrons. The zero-order chi connectivity index (χ0) is 11.2. The van der Waals surface area contributed by atoms with Crippen molar-refractivity contribution >= 4 is 0 Å². The second-order valence-electron chi connectivity index (χ2n) is 4.42. The molecule has 1 aliphatic carbocycles. The highest BCUT2D eigenvalue weighted by molar-refractivity contribution is 5.09. The molecule has 0 amide bonds. The first kappa shape index (κ1) is 11.4. The van der Waals surface area contributed by atoms with Crippen molar-refractivity contribution in [2.24, 2.45) is 5.92 Å². The first-order chi connectivity index (χ1) is 7.90. The standard InChI is InChI=1S/C13H20N2O/c1-14-12-7-3-2-6-11(12)10-16-13-8-4-5-9-15-13/h4-5,8-9,11-12,14H,2-3,6-7,10H2,1H3/t11-,12?/m1/s1. The van der Waals surface area contributed by atoms with E-state index in [1.165, 1.54) is 25.7 Å². The maximum Gasteiger partial charge on any atom is 0.213 e. The van der Waals surface area contributed by atoms with E-state index in [1.54, 1.807) is 6.20 Å². The van der Waals surface area contributed by atoms with Gasteiger partial charge < -0.3 is 10.1 Å². The topological polar surface area (TPSA) is 34.1 Å². The van der Waals surface area contributed by atoms with E-state index in [9.17, 15) is 0 Å². The van der Waals surface area contributed by atoms with E-state index < -0.39 is 0 Å². The van der Waals surface area contributed by atoms with E-state index in [2.05, 4.69) is 10.3 Å². The Hall–Kier alpha value is -1.09. The molecule has 1 fully saturated rings. The van der Waals surface area contributed by atoms with Gasteiger partial charge in [-0.2, -0.15) is 0 Å². The van der Waals surface area contributed by atoms with Crippen LogP contribution >= 0.6 is 0 Å². The van der Waals surface area contributed by atoms with Gasteiger partial charge in [-0.3, -0.25) is 0 Å². The first-order valence-electron chi connectivity index (χ1n) is 6.11. The minimum atomic E-state index is 0.609. The SMILES string of the molecule is CNC1CCCC[C@@H]1COc1ccccn1. The van der Waals surface area contributed by atoms with Crippen molar-refractivity contribution in [3.8, 4) is 5.88 Å². The van der Waals surface area contributed by atoms with E-state index in [0.29, 0.717) is 12.0 Å². The summed E-state index contributed by atoms with van der Waals surface area (Å²) < 4.78 is 5.73. The minimum absolute atomic E-state index is 0.609. The van der Waals surface area contributed by atoms with E-state index in [1.807, 2.05) is 25.2 Å². The maximum absolute atomic E-state index is 5.73. The van der Waals surface area contributed by atoms with Crippen LogP contribution in [0.3, 0.4) is 0 Å². The van der Waals surface area contributed by atoms with Crippen molar-refractivity contribution in [3.05, 3.63) is 24.4 Å². The van der Waals surface area contributed by atoms with E-state index in [-0.39, 0.29) is 0 Å². The lowest BCUT2D eigenvalue weighted by atomic mass is 9.85. The monoisotopic (exact) mass is 220 g/mol. The van der Waals surface area contributed by atoms with Crippen LogP contribution in [0.2, 0.25) is 0 Å². The van der Waals surface area contributed by atoms with Crippen molar-refractivity contribution in [3.63, 3.8) is 0 Å². The Morgan fingerprint density at radius 3 is 3.00 bits per heavy atom. The molecule has 88 valence electrons. The molecule has 1 saturated carbocycles. The van der Waals surface area contributed by atoms with Crippen LogP contribution in [0.4, 0.5) is 0 Å². The summed E-state index contributed by atoms with van der Waals surface area (Å²) in [5, 5.41) is 3.39. The Labute approximate surface area is 97.2 Å². The summed E-state index contributed by atoms with van der Waals surface area (Å²) >= 11 is 0. The molecule has 2 rings (SSSR count). The summed E-state index contributed by atoms with van der Waals surface area (Å²) in [6, 6.07) is 6.39. The number of hydrogen-bond acceptors (Lipinski definition) is 3. The zero-order valence-electron chi connectivity index (χ0n) is 9.86. The molecule has 1 aromatic rings. The lowest BCUT2D eigenvalue weighted by Crippen LogP contribution is -2.39. The molecular formula is C13H20N2O. The normalized spacial score (nSPS) is 25.3. The number of rotatable bonds is 4. The van der Waals surface area contributed by atoms with Gasteiger partial charge in [0.05, 0.1) is 6.61 Å². The van der Waals surface area contributed by atoms with Crippen LogP contribution in [-0.2, 0) is 0 Å². The molecule has 1 N–H and O–H groups in total. The van der Waals surface area contributed by atoms with Crippen LogP contribution < -0.4 is 10.1 Å². The quantitative estimate of drug-likeness (QED) is 0.845. The molecule has 0 aromatic carbocycles.